The van der Waals surface area contributed by atoms with E-state index in [1.54, 1.807) is 0 Å². The van der Waals surface area contributed by atoms with Crippen LogP contribution < -0.4 is 11.1 Å². The fourth-order valence-corrected chi connectivity index (χ4v) is 5.80. The molecule has 10 nitrogen and oxygen atoms in total. The van der Waals surface area contributed by atoms with E-state index in [0.717, 1.165) is 55.5 Å². The van der Waals surface area contributed by atoms with Gasteiger partial charge >= 0.3 is 0 Å². The number of carbonyl (C=O) groups excluding carboxylic acids is 2. The van der Waals surface area contributed by atoms with Crippen LogP contribution in [0.25, 0.3) is 0 Å². The Kier molecular flexibility index (Phi) is 8.71. The van der Waals surface area contributed by atoms with Crippen molar-refractivity contribution in [3.8, 4) is 0 Å². The summed E-state index contributed by atoms with van der Waals surface area (Å²) in [6.07, 6.45) is 5.28. The van der Waals surface area contributed by atoms with Crippen LogP contribution in [0.2, 0.25) is 0 Å². The third kappa shape index (κ3) is 6.11. The Morgan fingerprint density at radius 2 is 2.03 bits per heavy atom. The average Bonchev–Trinajstić information content (AvgIpc) is 3.45. The van der Waals surface area contributed by atoms with Crippen LogP contribution in [0.3, 0.4) is 0 Å². The SMILES string of the molecule is CCC[N+]1(C(C)Cc2cccc(NC(=O)c3ncn[nH]3)c2)CCC(C(N)C(=O)N2CCOCC2)CC1. The number of anilines is 1. The number of piperidine rings is 1. The van der Waals surface area contributed by atoms with Gasteiger partial charge in [-0.3, -0.25) is 14.7 Å². The van der Waals surface area contributed by atoms with E-state index in [2.05, 4.69) is 40.4 Å². The molecule has 1 aromatic carbocycles. The zero-order valence-electron chi connectivity index (χ0n) is 21.5. The molecule has 0 spiro atoms. The number of morpholine rings is 1. The number of hydrogen-bond acceptors (Lipinski definition) is 6. The molecule has 0 saturated carbocycles. The number of quaternary nitrogens is 1. The minimum absolute atomic E-state index is 0.0797. The minimum atomic E-state index is -0.424. The van der Waals surface area contributed by atoms with Crippen LogP contribution in [-0.2, 0) is 16.0 Å². The molecule has 36 heavy (non-hydrogen) atoms. The van der Waals surface area contributed by atoms with Crippen LogP contribution in [0.5, 0.6) is 0 Å². The largest absolute Gasteiger partial charge is 0.378 e. The lowest BCUT2D eigenvalue weighted by Gasteiger charge is -2.49. The fraction of sp³-hybridized carbons (Fsp3) is 0.615. The Labute approximate surface area is 213 Å². The van der Waals surface area contributed by atoms with E-state index in [-0.39, 0.29) is 23.6 Å². The Bertz CT molecular complexity index is 999. The van der Waals surface area contributed by atoms with Crippen LogP contribution in [0.15, 0.2) is 30.6 Å². The monoisotopic (exact) mass is 498 g/mol. The van der Waals surface area contributed by atoms with Crippen molar-refractivity contribution in [2.45, 2.75) is 51.6 Å². The third-order valence-electron chi connectivity index (χ3n) is 7.96. The summed E-state index contributed by atoms with van der Waals surface area (Å²) < 4.78 is 6.42. The molecule has 0 aliphatic carbocycles. The molecular weight excluding hydrogens is 458 g/mol. The molecule has 1 aromatic heterocycles. The highest BCUT2D eigenvalue weighted by Gasteiger charge is 2.41. The quantitative estimate of drug-likeness (QED) is 0.453. The van der Waals surface area contributed by atoms with E-state index in [4.69, 9.17) is 10.5 Å². The highest BCUT2D eigenvalue weighted by molar-refractivity contribution is 6.01. The van der Waals surface area contributed by atoms with Crippen molar-refractivity contribution >= 4 is 17.5 Å². The molecule has 0 radical (unpaired) electrons. The number of benzene rings is 1. The van der Waals surface area contributed by atoms with Gasteiger partial charge in [-0.2, -0.15) is 5.10 Å². The van der Waals surface area contributed by atoms with E-state index in [0.29, 0.717) is 32.3 Å². The first-order valence-corrected chi connectivity index (χ1v) is 13.2. The number of aromatic nitrogens is 3. The summed E-state index contributed by atoms with van der Waals surface area (Å²) in [5.41, 5.74) is 8.43. The standard InChI is InChI=1S/C26H39N7O3/c1-3-11-33(12-7-21(8-13-33)23(27)26(35)32-9-14-36-15-10-32)19(2)16-20-5-4-6-22(17-20)30-25(34)24-28-18-29-31-24/h4-6,17-19,21,23H,3,7-16,27H2,1-2H3,(H-,28,29,30,31,34)/p+1. The molecule has 2 amide bonds. The second-order valence-corrected chi connectivity index (χ2v) is 10.2. The van der Waals surface area contributed by atoms with Gasteiger partial charge in [0.1, 0.15) is 6.33 Å². The Balaban J connectivity index is 1.37. The predicted molar refractivity (Wildman–Crippen MR) is 137 cm³/mol. The summed E-state index contributed by atoms with van der Waals surface area (Å²) in [4.78, 5) is 31.1. The van der Waals surface area contributed by atoms with Crippen LogP contribution in [0.4, 0.5) is 5.69 Å². The van der Waals surface area contributed by atoms with E-state index in [1.165, 1.54) is 11.9 Å². The number of amides is 2. The summed E-state index contributed by atoms with van der Waals surface area (Å²) in [6, 6.07) is 8.01. The van der Waals surface area contributed by atoms with Gasteiger partial charge in [0.05, 0.1) is 44.9 Å². The summed E-state index contributed by atoms with van der Waals surface area (Å²) in [5.74, 6) is 0.188. The van der Waals surface area contributed by atoms with Crippen molar-refractivity contribution in [2.75, 3.05) is 51.3 Å². The summed E-state index contributed by atoms with van der Waals surface area (Å²) in [7, 11) is 0. The van der Waals surface area contributed by atoms with Gasteiger partial charge in [-0.15, -0.1) is 0 Å². The lowest BCUT2D eigenvalue weighted by atomic mass is 9.86. The molecule has 2 aliphatic rings. The van der Waals surface area contributed by atoms with E-state index in [9.17, 15) is 9.59 Å². The van der Waals surface area contributed by atoms with Crippen LogP contribution in [0, 0.1) is 5.92 Å². The summed E-state index contributed by atoms with van der Waals surface area (Å²) in [6.45, 7) is 10.2. The smallest absolute Gasteiger partial charge is 0.292 e. The zero-order valence-corrected chi connectivity index (χ0v) is 21.5. The second kappa shape index (κ2) is 11.9. The van der Waals surface area contributed by atoms with Gasteiger partial charge in [-0.05, 0) is 37.0 Å². The molecule has 3 heterocycles. The van der Waals surface area contributed by atoms with E-state index in [1.807, 2.05) is 23.1 Å². The molecule has 196 valence electrons. The number of nitrogens with two attached hydrogens (primary N) is 1. The molecule has 4 N–H and O–H groups in total. The number of carbonyl (C=O) groups is 2. The van der Waals surface area contributed by atoms with Gasteiger partial charge < -0.3 is 25.2 Å². The van der Waals surface area contributed by atoms with Crippen LogP contribution in [-0.4, -0.2) is 94.4 Å². The van der Waals surface area contributed by atoms with Crippen molar-refractivity contribution < 1.29 is 18.8 Å². The fourth-order valence-electron chi connectivity index (χ4n) is 5.80. The van der Waals surface area contributed by atoms with Gasteiger partial charge in [0.2, 0.25) is 11.7 Å². The van der Waals surface area contributed by atoms with Gasteiger partial charge in [0, 0.05) is 38.0 Å². The average molecular weight is 499 g/mol. The molecule has 2 saturated heterocycles. The number of ether oxygens (including phenoxy) is 1. The Hall–Kier alpha value is -2.82. The molecule has 2 unspecified atom stereocenters. The molecular formula is C26H40N7O3+. The van der Waals surface area contributed by atoms with E-state index >= 15 is 0 Å². The highest BCUT2D eigenvalue weighted by Crippen LogP contribution is 2.31. The maximum Gasteiger partial charge on any atom is 0.292 e. The van der Waals surface area contributed by atoms with Crippen LogP contribution >= 0.6 is 0 Å². The number of likely N-dealkylation sites (tertiary alicyclic amines) is 1. The van der Waals surface area contributed by atoms with Crippen molar-refractivity contribution in [1.82, 2.24) is 20.1 Å². The molecule has 2 aromatic rings. The first-order chi connectivity index (χ1) is 17.4. The number of H-pyrrole nitrogens is 1. The second-order valence-electron chi connectivity index (χ2n) is 10.2. The third-order valence-corrected chi connectivity index (χ3v) is 7.96. The first kappa shape index (κ1) is 26.2. The molecule has 2 aliphatic heterocycles. The predicted octanol–water partition coefficient (Wildman–Crippen LogP) is 1.81. The van der Waals surface area contributed by atoms with Gasteiger partial charge in [0.25, 0.3) is 5.91 Å². The highest BCUT2D eigenvalue weighted by atomic mass is 16.5. The van der Waals surface area contributed by atoms with Gasteiger partial charge in [-0.1, -0.05) is 19.1 Å². The lowest BCUT2D eigenvalue weighted by Crippen LogP contribution is -2.61. The minimum Gasteiger partial charge on any atom is -0.378 e. The Morgan fingerprint density at radius 1 is 1.28 bits per heavy atom. The van der Waals surface area contributed by atoms with Gasteiger partial charge in [0.15, 0.2) is 0 Å². The maximum atomic E-state index is 12.9. The molecule has 4 rings (SSSR count). The molecule has 2 atom stereocenters. The number of rotatable bonds is 9. The summed E-state index contributed by atoms with van der Waals surface area (Å²) in [5, 5.41) is 9.22. The zero-order chi connectivity index (χ0) is 25.5. The lowest BCUT2D eigenvalue weighted by molar-refractivity contribution is -0.954. The summed E-state index contributed by atoms with van der Waals surface area (Å²) >= 11 is 0. The van der Waals surface area contributed by atoms with Gasteiger partial charge in [-0.25, -0.2) is 4.98 Å². The molecule has 0 bridgehead atoms. The number of nitrogens with one attached hydrogen (secondary N) is 2. The Morgan fingerprint density at radius 3 is 2.69 bits per heavy atom. The van der Waals surface area contributed by atoms with Crippen LogP contribution in [0.1, 0.15) is 49.3 Å². The number of nitrogens with zero attached hydrogens (tertiary/aromatic N) is 4. The number of hydrogen-bond donors (Lipinski definition) is 3. The number of aromatic amines is 1. The van der Waals surface area contributed by atoms with Crippen molar-refractivity contribution in [2.24, 2.45) is 11.7 Å². The normalized spacial score (nSPS) is 24.2. The van der Waals surface area contributed by atoms with Crippen molar-refractivity contribution in [1.29, 1.82) is 0 Å². The maximum absolute atomic E-state index is 12.9. The topological polar surface area (TPSA) is 126 Å². The molecule has 2 fully saturated rings. The van der Waals surface area contributed by atoms with Crippen molar-refractivity contribution in [3.63, 3.8) is 0 Å². The van der Waals surface area contributed by atoms with Crippen molar-refractivity contribution in [3.05, 3.63) is 42.0 Å². The first-order valence-electron chi connectivity index (χ1n) is 13.2. The van der Waals surface area contributed by atoms with E-state index < -0.39 is 6.04 Å². The molecule has 10 heteroatoms.